The van der Waals surface area contributed by atoms with Gasteiger partial charge in [0.1, 0.15) is 5.75 Å². The summed E-state index contributed by atoms with van der Waals surface area (Å²) in [5, 5.41) is 0. The number of rotatable bonds is 4. The SMILES string of the molecule is COc1ccccc1C1C2=C(CC(C)(C)CC2=O)N(Cc2ccccc2)C2=C1C(=O)CC(C)(C)C2. The Morgan fingerprint density at radius 1 is 0.771 bits per heavy atom. The van der Waals surface area contributed by atoms with Crippen molar-refractivity contribution in [2.75, 3.05) is 7.11 Å². The molecule has 4 heteroatoms. The van der Waals surface area contributed by atoms with E-state index < -0.39 is 0 Å². The summed E-state index contributed by atoms with van der Waals surface area (Å²) in [6.07, 6.45) is 2.58. The third-order valence-electron chi connectivity index (χ3n) is 7.66. The van der Waals surface area contributed by atoms with E-state index in [1.165, 1.54) is 5.56 Å². The fourth-order valence-electron chi connectivity index (χ4n) is 6.22. The molecule has 0 unspecified atom stereocenters. The number of Topliss-reactive ketones (excluding diaryl/α,β-unsaturated/α-hetero) is 2. The summed E-state index contributed by atoms with van der Waals surface area (Å²) in [5.41, 5.74) is 5.55. The van der Waals surface area contributed by atoms with Crippen molar-refractivity contribution >= 4 is 11.6 Å². The molecular weight excluding hydrogens is 434 g/mol. The first kappa shape index (κ1) is 23.6. The van der Waals surface area contributed by atoms with Crippen molar-refractivity contribution in [2.45, 2.75) is 65.8 Å². The summed E-state index contributed by atoms with van der Waals surface area (Å²) in [6, 6.07) is 18.2. The number of nitrogens with zero attached hydrogens (tertiary/aromatic N) is 1. The molecule has 2 aromatic rings. The lowest BCUT2D eigenvalue weighted by Gasteiger charge is -2.49. The molecule has 1 aliphatic heterocycles. The topological polar surface area (TPSA) is 46.6 Å². The average Bonchev–Trinajstić information content (AvgIpc) is 2.79. The van der Waals surface area contributed by atoms with Crippen LogP contribution in [-0.2, 0) is 16.1 Å². The summed E-state index contributed by atoms with van der Waals surface area (Å²) in [6.45, 7) is 9.35. The van der Waals surface area contributed by atoms with Gasteiger partial charge >= 0.3 is 0 Å². The van der Waals surface area contributed by atoms with Crippen LogP contribution in [0, 0.1) is 10.8 Å². The maximum absolute atomic E-state index is 13.9. The maximum Gasteiger partial charge on any atom is 0.162 e. The van der Waals surface area contributed by atoms with Crippen LogP contribution < -0.4 is 4.74 Å². The minimum Gasteiger partial charge on any atom is -0.496 e. The predicted molar refractivity (Wildman–Crippen MR) is 138 cm³/mol. The van der Waals surface area contributed by atoms with Gasteiger partial charge in [-0.3, -0.25) is 9.59 Å². The summed E-state index contributed by atoms with van der Waals surface area (Å²) in [7, 11) is 1.66. The number of methoxy groups -OCH3 is 1. The molecule has 1 heterocycles. The Bertz CT molecular complexity index is 1190. The van der Waals surface area contributed by atoms with Crippen molar-refractivity contribution in [3.05, 3.63) is 88.3 Å². The molecule has 4 nitrogen and oxygen atoms in total. The fourth-order valence-corrected chi connectivity index (χ4v) is 6.22. The maximum atomic E-state index is 13.9. The zero-order valence-corrected chi connectivity index (χ0v) is 21.5. The van der Waals surface area contributed by atoms with Crippen LogP contribution in [0.5, 0.6) is 5.75 Å². The Morgan fingerprint density at radius 2 is 1.29 bits per heavy atom. The molecule has 0 fully saturated rings. The summed E-state index contributed by atoms with van der Waals surface area (Å²) in [5.74, 6) is 0.641. The minimum atomic E-state index is -0.379. The van der Waals surface area contributed by atoms with Gasteiger partial charge in [-0.2, -0.15) is 0 Å². The number of benzene rings is 2. The third-order valence-corrected chi connectivity index (χ3v) is 7.66. The molecule has 0 spiro atoms. The molecule has 0 radical (unpaired) electrons. The largest absolute Gasteiger partial charge is 0.496 e. The van der Waals surface area contributed by atoms with E-state index in [2.05, 4.69) is 44.7 Å². The standard InChI is InChI=1S/C31H35NO3/c1-30(2)15-22-28(24(33)17-30)27(21-13-9-10-14-26(21)35-5)29-23(16-31(3,4)18-25(29)34)32(22)19-20-11-7-6-8-12-20/h6-14,27H,15-19H2,1-5H3. The van der Waals surface area contributed by atoms with Gasteiger partial charge in [-0.1, -0.05) is 76.2 Å². The lowest BCUT2D eigenvalue weighted by molar-refractivity contribution is -0.119. The number of allylic oxidation sites excluding steroid dienone is 4. The number of ether oxygens (including phenoxy) is 1. The molecule has 5 rings (SSSR count). The minimum absolute atomic E-state index is 0.136. The molecule has 0 saturated heterocycles. The zero-order valence-electron chi connectivity index (χ0n) is 21.5. The van der Waals surface area contributed by atoms with E-state index in [4.69, 9.17) is 4.74 Å². The van der Waals surface area contributed by atoms with Crippen molar-refractivity contribution in [2.24, 2.45) is 10.8 Å². The van der Waals surface area contributed by atoms with Crippen molar-refractivity contribution in [1.29, 1.82) is 0 Å². The molecule has 35 heavy (non-hydrogen) atoms. The number of carbonyl (C=O) groups excluding carboxylic acids is 2. The monoisotopic (exact) mass is 469 g/mol. The second-order valence-electron chi connectivity index (χ2n) is 11.8. The molecular formula is C31H35NO3. The molecule has 0 saturated carbocycles. The highest BCUT2D eigenvalue weighted by Crippen LogP contribution is 2.55. The summed E-state index contributed by atoms with van der Waals surface area (Å²) >= 11 is 0. The van der Waals surface area contributed by atoms with E-state index in [1.807, 2.05) is 42.5 Å². The van der Waals surface area contributed by atoms with E-state index in [9.17, 15) is 9.59 Å². The Morgan fingerprint density at radius 3 is 1.83 bits per heavy atom. The lowest BCUT2D eigenvalue weighted by Crippen LogP contribution is -2.44. The average molecular weight is 470 g/mol. The Balaban J connectivity index is 1.79. The summed E-state index contributed by atoms with van der Waals surface area (Å²) in [4.78, 5) is 30.1. The number of para-hydroxylation sites is 1. The molecule has 0 N–H and O–H groups in total. The van der Waals surface area contributed by atoms with Crippen LogP contribution in [0.4, 0.5) is 0 Å². The van der Waals surface area contributed by atoms with Crippen LogP contribution >= 0.6 is 0 Å². The number of carbonyl (C=O) groups is 2. The van der Waals surface area contributed by atoms with Gasteiger partial charge in [0.25, 0.3) is 0 Å². The predicted octanol–water partition coefficient (Wildman–Crippen LogP) is 6.58. The summed E-state index contributed by atoms with van der Waals surface area (Å²) < 4.78 is 5.75. The van der Waals surface area contributed by atoms with E-state index in [0.717, 1.165) is 46.7 Å². The van der Waals surface area contributed by atoms with Crippen LogP contribution in [0.25, 0.3) is 0 Å². The van der Waals surface area contributed by atoms with Crippen molar-refractivity contribution in [3.63, 3.8) is 0 Å². The Hall–Kier alpha value is -3.14. The highest BCUT2D eigenvalue weighted by Gasteiger charge is 2.49. The van der Waals surface area contributed by atoms with E-state index >= 15 is 0 Å². The Kier molecular flexibility index (Phi) is 5.74. The number of hydrogen-bond acceptors (Lipinski definition) is 4. The first-order valence-corrected chi connectivity index (χ1v) is 12.6. The van der Waals surface area contributed by atoms with Crippen molar-refractivity contribution < 1.29 is 14.3 Å². The molecule has 2 aliphatic carbocycles. The first-order valence-electron chi connectivity index (χ1n) is 12.6. The van der Waals surface area contributed by atoms with Crippen LogP contribution in [-0.4, -0.2) is 23.6 Å². The van der Waals surface area contributed by atoms with Gasteiger partial charge in [0, 0.05) is 53.4 Å². The van der Waals surface area contributed by atoms with Crippen molar-refractivity contribution in [3.8, 4) is 5.75 Å². The molecule has 0 bridgehead atoms. The van der Waals surface area contributed by atoms with Gasteiger partial charge in [-0.05, 0) is 35.3 Å². The lowest BCUT2D eigenvalue weighted by atomic mass is 9.63. The second-order valence-corrected chi connectivity index (χ2v) is 11.8. The van der Waals surface area contributed by atoms with E-state index in [-0.39, 0.29) is 28.3 Å². The van der Waals surface area contributed by atoms with Crippen LogP contribution in [0.1, 0.15) is 70.4 Å². The first-order chi connectivity index (χ1) is 16.6. The Labute approximate surface area is 208 Å². The molecule has 2 aromatic carbocycles. The highest BCUT2D eigenvalue weighted by molar-refractivity contribution is 6.07. The third kappa shape index (κ3) is 4.24. The van der Waals surface area contributed by atoms with Crippen LogP contribution in [0.15, 0.2) is 77.1 Å². The van der Waals surface area contributed by atoms with Gasteiger partial charge in [-0.25, -0.2) is 0 Å². The van der Waals surface area contributed by atoms with Gasteiger partial charge in [-0.15, -0.1) is 0 Å². The van der Waals surface area contributed by atoms with E-state index in [1.54, 1.807) is 7.11 Å². The fraction of sp³-hybridized carbons (Fsp3) is 0.419. The molecule has 0 atom stereocenters. The quantitative estimate of drug-likeness (QED) is 0.507. The molecule has 0 aromatic heterocycles. The van der Waals surface area contributed by atoms with E-state index in [0.29, 0.717) is 19.4 Å². The zero-order chi connectivity index (χ0) is 25.0. The van der Waals surface area contributed by atoms with Gasteiger partial charge in [0.2, 0.25) is 0 Å². The second kappa shape index (κ2) is 8.51. The smallest absolute Gasteiger partial charge is 0.162 e. The normalized spacial score (nSPS) is 21.7. The number of hydrogen-bond donors (Lipinski definition) is 0. The van der Waals surface area contributed by atoms with Gasteiger partial charge < -0.3 is 9.64 Å². The number of ketones is 2. The molecule has 0 amide bonds. The van der Waals surface area contributed by atoms with Gasteiger partial charge in [0.15, 0.2) is 11.6 Å². The van der Waals surface area contributed by atoms with Gasteiger partial charge in [0.05, 0.1) is 7.11 Å². The molecule has 182 valence electrons. The molecule has 3 aliphatic rings. The van der Waals surface area contributed by atoms with Crippen LogP contribution in [0.2, 0.25) is 0 Å². The van der Waals surface area contributed by atoms with Crippen LogP contribution in [0.3, 0.4) is 0 Å². The van der Waals surface area contributed by atoms with Crippen molar-refractivity contribution in [1.82, 2.24) is 4.90 Å². The highest BCUT2D eigenvalue weighted by atomic mass is 16.5.